The number of sulfonamides is 1. The van der Waals surface area contributed by atoms with Gasteiger partial charge in [-0.1, -0.05) is 29.5 Å². The van der Waals surface area contributed by atoms with Gasteiger partial charge in [0.25, 0.3) is 15.9 Å². The minimum atomic E-state index is -3.77. The standard InChI is InChI=1S/C24H21N3O4S2/c1-3-16-27-21-6-4-5-7-22(21)32-24(27)25-23(28)17-8-10-18(11-9-17)26-33(29,30)20-14-12-19(31-2)13-15-20/h3-15,26H,1,16H2,2H3. The van der Waals surface area contributed by atoms with Crippen LogP contribution in [0.25, 0.3) is 10.2 Å². The molecule has 168 valence electrons. The number of anilines is 1. The van der Waals surface area contributed by atoms with E-state index in [9.17, 15) is 13.2 Å². The number of rotatable bonds is 7. The van der Waals surface area contributed by atoms with Gasteiger partial charge in [-0.05, 0) is 60.7 Å². The predicted molar refractivity (Wildman–Crippen MR) is 130 cm³/mol. The van der Waals surface area contributed by atoms with Crippen LogP contribution in [0.3, 0.4) is 0 Å². The lowest BCUT2D eigenvalue weighted by atomic mass is 10.2. The lowest BCUT2D eigenvalue weighted by Crippen LogP contribution is -2.16. The molecule has 33 heavy (non-hydrogen) atoms. The maximum atomic E-state index is 12.8. The van der Waals surface area contributed by atoms with Gasteiger partial charge in [-0.25, -0.2) is 8.42 Å². The number of hydrogen-bond donors (Lipinski definition) is 1. The van der Waals surface area contributed by atoms with Gasteiger partial charge in [0.1, 0.15) is 5.75 Å². The maximum absolute atomic E-state index is 12.8. The quantitative estimate of drug-likeness (QED) is 0.397. The third-order valence-electron chi connectivity index (χ3n) is 4.85. The molecular weight excluding hydrogens is 458 g/mol. The molecule has 0 spiro atoms. The number of carbonyl (C=O) groups is 1. The fraction of sp³-hybridized carbons (Fsp3) is 0.0833. The molecular formula is C24H21N3O4S2. The zero-order valence-electron chi connectivity index (χ0n) is 17.8. The number of thiazole rings is 1. The maximum Gasteiger partial charge on any atom is 0.279 e. The summed E-state index contributed by atoms with van der Waals surface area (Å²) < 4.78 is 35.7. The van der Waals surface area contributed by atoms with Gasteiger partial charge in [-0.3, -0.25) is 9.52 Å². The van der Waals surface area contributed by atoms with E-state index in [1.54, 1.807) is 30.3 Å². The number of amides is 1. The van der Waals surface area contributed by atoms with Crippen LogP contribution in [0.1, 0.15) is 10.4 Å². The van der Waals surface area contributed by atoms with E-state index in [0.717, 1.165) is 10.2 Å². The van der Waals surface area contributed by atoms with Gasteiger partial charge in [0.2, 0.25) is 0 Å². The number of hydrogen-bond acceptors (Lipinski definition) is 5. The van der Waals surface area contributed by atoms with Crippen LogP contribution in [0.2, 0.25) is 0 Å². The Morgan fingerprint density at radius 1 is 1.09 bits per heavy atom. The number of nitrogens with one attached hydrogen (secondary N) is 1. The van der Waals surface area contributed by atoms with Crippen LogP contribution >= 0.6 is 11.3 Å². The molecule has 0 aliphatic carbocycles. The van der Waals surface area contributed by atoms with Crippen molar-refractivity contribution >= 4 is 43.2 Å². The van der Waals surface area contributed by atoms with Crippen LogP contribution in [-0.4, -0.2) is 26.0 Å². The number of carbonyl (C=O) groups excluding carboxylic acids is 1. The van der Waals surface area contributed by atoms with Crippen molar-refractivity contribution in [2.75, 3.05) is 11.8 Å². The van der Waals surface area contributed by atoms with Crippen molar-refractivity contribution in [3.63, 3.8) is 0 Å². The molecule has 1 aromatic heterocycles. The minimum absolute atomic E-state index is 0.106. The van der Waals surface area contributed by atoms with Crippen molar-refractivity contribution < 1.29 is 17.9 Å². The van der Waals surface area contributed by atoms with Crippen molar-refractivity contribution in [1.29, 1.82) is 0 Å². The summed E-state index contributed by atoms with van der Waals surface area (Å²) in [5.74, 6) is 0.151. The Labute approximate surface area is 195 Å². The molecule has 0 aliphatic heterocycles. The third-order valence-corrected chi connectivity index (χ3v) is 7.31. The summed E-state index contributed by atoms with van der Waals surface area (Å²) in [5.41, 5.74) is 1.67. The summed E-state index contributed by atoms with van der Waals surface area (Å²) in [4.78, 5) is 17.8. The topological polar surface area (TPSA) is 89.8 Å². The van der Waals surface area contributed by atoms with E-state index in [2.05, 4.69) is 16.3 Å². The summed E-state index contributed by atoms with van der Waals surface area (Å²) in [5, 5.41) is 0. The molecule has 4 aromatic rings. The Bertz CT molecular complexity index is 1480. The van der Waals surface area contributed by atoms with Crippen molar-refractivity contribution in [1.82, 2.24) is 4.57 Å². The minimum Gasteiger partial charge on any atom is -0.497 e. The molecule has 0 saturated heterocycles. The SMILES string of the molecule is C=CCn1c(=NC(=O)c2ccc(NS(=O)(=O)c3ccc(OC)cc3)cc2)sc2ccccc21. The Kier molecular flexibility index (Phi) is 6.43. The molecule has 0 saturated carbocycles. The van der Waals surface area contributed by atoms with Crippen LogP contribution in [0.4, 0.5) is 5.69 Å². The number of aromatic nitrogens is 1. The van der Waals surface area contributed by atoms with E-state index < -0.39 is 15.9 Å². The van der Waals surface area contributed by atoms with Gasteiger partial charge >= 0.3 is 0 Å². The average molecular weight is 480 g/mol. The van der Waals surface area contributed by atoms with Crippen molar-refractivity contribution in [3.8, 4) is 5.75 Å². The highest BCUT2D eigenvalue weighted by molar-refractivity contribution is 7.92. The number of methoxy groups -OCH3 is 1. The van der Waals surface area contributed by atoms with E-state index in [1.165, 1.54) is 42.7 Å². The fourth-order valence-corrected chi connectivity index (χ4v) is 5.31. The normalized spacial score (nSPS) is 12.0. The van der Waals surface area contributed by atoms with Crippen LogP contribution in [-0.2, 0) is 16.6 Å². The molecule has 1 N–H and O–H groups in total. The molecule has 0 aliphatic rings. The monoisotopic (exact) mass is 479 g/mol. The van der Waals surface area contributed by atoms with Crippen molar-refractivity contribution in [2.24, 2.45) is 4.99 Å². The average Bonchev–Trinajstić information content (AvgIpc) is 3.16. The zero-order chi connectivity index (χ0) is 23.4. The third kappa shape index (κ3) is 4.89. The molecule has 4 rings (SSSR count). The smallest absolute Gasteiger partial charge is 0.279 e. The second-order valence-corrected chi connectivity index (χ2v) is 9.72. The number of ether oxygens (including phenoxy) is 1. The highest BCUT2D eigenvalue weighted by Crippen LogP contribution is 2.20. The first kappa shape index (κ1) is 22.5. The lowest BCUT2D eigenvalue weighted by Gasteiger charge is -2.09. The van der Waals surface area contributed by atoms with Gasteiger partial charge in [0, 0.05) is 17.8 Å². The van der Waals surface area contributed by atoms with E-state index in [1.807, 2.05) is 28.8 Å². The van der Waals surface area contributed by atoms with Gasteiger partial charge in [0.15, 0.2) is 4.80 Å². The van der Waals surface area contributed by atoms with Gasteiger partial charge < -0.3 is 9.30 Å². The fourth-order valence-electron chi connectivity index (χ4n) is 3.21. The molecule has 0 bridgehead atoms. The Morgan fingerprint density at radius 2 is 1.79 bits per heavy atom. The van der Waals surface area contributed by atoms with Crippen LogP contribution < -0.4 is 14.3 Å². The van der Waals surface area contributed by atoms with E-state index in [0.29, 0.717) is 28.3 Å². The summed E-state index contributed by atoms with van der Waals surface area (Å²) in [6.07, 6.45) is 1.76. The van der Waals surface area contributed by atoms with Gasteiger partial charge in [-0.2, -0.15) is 4.99 Å². The first-order valence-corrected chi connectivity index (χ1v) is 12.3. The molecule has 0 atom stereocenters. The molecule has 7 nitrogen and oxygen atoms in total. The second kappa shape index (κ2) is 9.43. The predicted octanol–water partition coefficient (Wildman–Crippen LogP) is 4.44. The summed E-state index contributed by atoms with van der Waals surface area (Å²) >= 11 is 1.43. The Balaban J connectivity index is 1.57. The number of fused-ring (bicyclic) bond motifs is 1. The lowest BCUT2D eigenvalue weighted by molar-refractivity contribution is 0.0998. The van der Waals surface area contributed by atoms with E-state index in [-0.39, 0.29) is 4.90 Å². The molecule has 1 amide bonds. The van der Waals surface area contributed by atoms with Crippen molar-refractivity contribution in [3.05, 3.63) is 95.8 Å². The zero-order valence-corrected chi connectivity index (χ0v) is 19.4. The number of benzene rings is 3. The van der Waals surface area contributed by atoms with Crippen molar-refractivity contribution in [2.45, 2.75) is 11.4 Å². The van der Waals surface area contributed by atoms with E-state index in [4.69, 9.17) is 4.74 Å². The van der Waals surface area contributed by atoms with Gasteiger partial charge in [-0.15, -0.1) is 6.58 Å². The largest absolute Gasteiger partial charge is 0.497 e. The van der Waals surface area contributed by atoms with Crippen LogP contribution in [0, 0.1) is 0 Å². The molecule has 0 radical (unpaired) electrons. The number of allylic oxidation sites excluding steroid dienone is 1. The second-order valence-electron chi connectivity index (χ2n) is 7.03. The first-order chi connectivity index (χ1) is 15.9. The van der Waals surface area contributed by atoms with Crippen LogP contribution in [0.5, 0.6) is 5.75 Å². The van der Waals surface area contributed by atoms with Crippen LogP contribution in [0.15, 0.2) is 95.3 Å². The van der Waals surface area contributed by atoms with E-state index >= 15 is 0 Å². The first-order valence-electron chi connectivity index (χ1n) is 9.96. The molecule has 1 heterocycles. The highest BCUT2D eigenvalue weighted by Gasteiger charge is 2.15. The summed E-state index contributed by atoms with van der Waals surface area (Å²) in [6.45, 7) is 4.32. The molecule has 0 fully saturated rings. The van der Waals surface area contributed by atoms with Gasteiger partial charge in [0.05, 0.1) is 22.2 Å². The molecule has 3 aromatic carbocycles. The Morgan fingerprint density at radius 3 is 2.45 bits per heavy atom. The summed E-state index contributed by atoms with van der Waals surface area (Å²) in [6, 6.07) is 20.1. The highest BCUT2D eigenvalue weighted by atomic mass is 32.2. The summed E-state index contributed by atoms with van der Waals surface area (Å²) in [7, 11) is -2.26. The number of nitrogens with zero attached hydrogens (tertiary/aromatic N) is 2. The Hall–Kier alpha value is -3.69. The molecule has 9 heteroatoms. The molecule has 0 unspecified atom stereocenters. The number of para-hydroxylation sites is 1.